The van der Waals surface area contributed by atoms with Crippen LogP contribution < -0.4 is 10.1 Å². The molecule has 3 aromatic rings. The van der Waals surface area contributed by atoms with E-state index in [2.05, 4.69) is 39.9 Å². The van der Waals surface area contributed by atoms with E-state index in [1.54, 1.807) is 18.4 Å². The van der Waals surface area contributed by atoms with Crippen molar-refractivity contribution in [2.24, 2.45) is 0 Å². The van der Waals surface area contributed by atoms with Crippen LogP contribution in [0.1, 0.15) is 40.9 Å². The van der Waals surface area contributed by atoms with Gasteiger partial charge in [-0.2, -0.15) is 0 Å². The molecule has 0 saturated carbocycles. The average Bonchev–Trinajstić information content (AvgIpc) is 3.44. The van der Waals surface area contributed by atoms with Crippen molar-refractivity contribution >= 4 is 17.2 Å². The van der Waals surface area contributed by atoms with Gasteiger partial charge in [-0.3, -0.25) is 9.69 Å². The summed E-state index contributed by atoms with van der Waals surface area (Å²) >= 11 is 1.78. The maximum atomic E-state index is 13.0. The molecule has 1 N–H and O–H groups in total. The predicted octanol–water partition coefficient (Wildman–Crippen LogP) is 4.80. The van der Waals surface area contributed by atoms with Gasteiger partial charge in [-0.15, -0.1) is 11.3 Å². The van der Waals surface area contributed by atoms with E-state index in [9.17, 15) is 4.79 Å². The van der Waals surface area contributed by atoms with Crippen LogP contribution in [0.2, 0.25) is 0 Å². The molecule has 4 rings (SSSR count). The minimum atomic E-state index is -0.183. The van der Waals surface area contributed by atoms with Crippen molar-refractivity contribution in [3.05, 3.63) is 88.1 Å². The lowest BCUT2D eigenvalue weighted by atomic mass is 9.98. The van der Waals surface area contributed by atoms with Gasteiger partial charge in [0, 0.05) is 10.9 Å². The largest absolute Gasteiger partial charge is 0.497 e. The van der Waals surface area contributed by atoms with Crippen LogP contribution in [-0.2, 0) is 4.79 Å². The zero-order chi connectivity index (χ0) is 20.1. The van der Waals surface area contributed by atoms with Gasteiger partial charge in [0.05, 0.1) is 19.7 Å². The second-order valence-electron chi connectivity index (χ2n) is 7.33. The molecule has 1 aliphatic heterocycles. The van der Waals surface area contributed by atoms with Crippen LogP contribution in [0.25, 0.3) is 0 Å². The summed E-state index contributed by atoms with van der Waals surface area (Å²) < 4.78 is 5.28. The Labute approximate surface area is 176 Å². The molecular weight excluding hydrogens is 380 g/mol. The van der Waals surface area contributed by atoms with Crippen molar-refractivity contribution in [1.29, 1.82) is 0 Å². The van der Waals surface area contributed by atoms with E-state index in [-0.39, 0.29) is 11.9 Å². The van der Waals surface area contributed by atoms with E-state index in [0.717, 1.165) is 36.3 Å². The fraction of sp³-hybridized carbons (Fsp3) is 0.292. The number of ether oxygens (including phenoxy) is 1. The number of nitrogens with one attached hydrogen (secondary N) is 1. The minimum Gasteiger partial charge on any atom is -0.497 e. The highest BCUT2D eigenvalue weighted by Gasteiger charge is 2.29. The van der Waals surface area contributed by atoms with E-state index in [1.165, 1.54) is 4.88 Å². The Bertz CT molecular complexity index is 910. The second kappa shape index (κ2) is 9.25. The third-order valence-electron chi connectivity index (χ3n) is 5.47. The van der Waals surface area contributed by atoms with Crippen molar-refractivity contribution in [3.63, 3.8) is 0 Å². The van der Waals surface area contributed by atoms with Crippen LogP contribution in [0, 0.1) is 0 Å². The first-order valence-electron chi connectivity index (χ1n) is 10.0. The van der Waals surface area contributed by atoms with Gasteiger partial charge >= 0.3 is 0 Å². The van der Waals surface area contributed by atoms with Gasteiger partial charge in [0.1, 0.15) is 5.75 Å². The fourth-order valence-electron chi connectivity index (χ4n) is 4.01. The van der Waals surface area contributed by atoms with Crippen LogP contribution >= 0.6 is 11.3 Å². The molecular formula is C24H26N2O2S. The molecule has 1 saturated heterocycles. The number of carbonyl (C=O) groups is 1. The molecule has 2 aromatic carbocycles. The quantitative estimate of drug-likeness (QED) is 0.613. The monoisotopic (exact) mass is 406 g/mol. The van der Waals surface area contributed by atoms with E-state index in [0.29, 0.717) is 12.6 Å². The van der Waals surface area contributed by atoms with E-state index < -0.39 is 0 Å². The standard InChI is InChI=1S/C24H26N2O2S/c1-28-20-13-11-19(12-14-20)24(18-7-3-2-4-8-18)25-23(27)17-26-15-5-9-21(26)22-10-6-16-29-22/h2-4,6-8,10-14,16,21,24H,5,9,15,17H2,1H3,(H,25,27)/t21-,24-/m1/s1. The normalized spacial score (nSPS) is 17.8. The molecule has 29 heavy (non-hydrogen) atoms. The van der Waals surface area contributed by atoms with Crippen molar-refractivity contribution < 1.29 is 9.53 Å². The molecule has 4 nitrogen and oxygen atoms in total. The highest BCUT2D eigenvalue weighted by Crippen LogP contribution is 2.34. The second-order valence-corrected chi connectivity index (χ2v) is 8.31. The number of thiophene rings is 1. The predicted molar refractivity (Wildman–Crippen MR) is 117 cm³/mol. The van der Waals surface area contributed by atoms with E-state index in [4.69, 9.17) is 4.74 Å². The maximum Gasteiger partial charge on any atom is 0.234 e. The molecule has 5 heteroatoms. The molecule has 1 aromatic heterocycles. The Hall–Kier alpha value is -2.63. The molecule has 0 radical (unpaired) electrons. The summed E-state index contributed by atoms with van der Waals surface area (Å²) in [4.78, 5) is 16.7. The molecule has 2 heterocycles. The van der Waals surface area contributed by atoms with Gasteiger partial charge in [0.15, 0.2) is 0 Å². The topological polar surface area (TPSA) is 41.6 Å². The van der Waals surface area contributed by atoms with Gasteiger partial charge in [0.2, 0.25) is 5.91 Å². The molecule has 0 aliphatic carbocycles. The first-order valence-corrected chi connectivity index (χ1v) is 10.9. The summed E-state index contributed by atoms with van der Waals surface area (Å²) in [5.74, 6) is 0.862. The molecule has 1 fully saturated rings. The van der Waals surface area contributed by atoms with Gasteiger partial charge in [-0.05, 0) is 54.1 Å². The Kier molecular flexibility index (Phi) is 6.27. The number of benzene rings is 2. The first kappa shape index (κ1) is 19.7. The summed E-state index contributed by atoms with van der Waals surface area (Å²) in [6.07, 6.45) is 2.25. The molecule has 0 unspecified atom stereocenters. The summed E-state index contributed by atoms with van der Waals surface area (Å²) in [6.45, 7) is 1.39. The SMILES string of the molecule is COc1ccc([C@H](NC(=O)CN2CCC[C@@H]2c2cccs2)c2ccccc2)cc1. The van der Waals surface area contributed by atoms with Crippen molar-refractivity contribution in [2.75, 3.05) is 20.2 Å². The third-order valence-corrected chi connectivity index (χ3v) is 6.44. The van der Waals surface area contributed by atoms with E-state index >= 15 is 0 Å². The molecule has 0 spiro atoms. The number of hydrogen-bond donors (Lipinski definition) is 1. The van der Waals surface area contributed by atoms with Crippen LogP contribution in [-0.4, -0.2) is 31.0 Å². The lowest BCUT2D eigenvalue weighted by Gasteiger charge is -2.25. The summed E-state index contributed by atoms with van der Waals surface area (Å²) in [7, 11) is 1.66. The minimum absolute atomic E-state index is 0.0538. The van der Waals surface area contributed by atoms with Crippen LogP contribution in [0.15, 0.2) is 72.1 Å². The van der Waals surface area contributed by atoms with Crippen LogP contribution in [0.3, 0.4) is 0 Å². The zero-order valence-corrected chi connectivity index (χ0v) is 17.4. The highest BCUT2D eigenvalue weighted by molar-refractivity contribution is 7.10. The number of likely N-dealkylation sites (tertiary alicyclic amines) is 1. The lowest BCUT2D eigenvalue weighted by Crippen LogP contribution is -2.38. The van der Waals surface area contributed by atoms with Crippen LogP contribution in [0.5, 0.6) is 5.75 Å². The molecule has 2 atom stereocenters. The summed E-state index contributed by atoms with van der Waals surface area (Å²) in [6, 6.07) is 22.5. The van der Waals surface area contributed by atoms with Crippen LogP contribution in [0.4, 0.5) is 0 Å². The zero-order valence-electron chi connectivity index (χ0n) is 16.6. The molecule has 1 aliphatic rings. The fourth-order valence-corrected chi connectivity index (χ4v) is 4.91. The van der Waals surface area contributed by atoms with Crippen molar-refractivity contribution in [2.45, 2.75) is 24.9 Å². The summed E-state index contributed by atoms with van der Waals surface area (Å²) in [5, 5.41) is 5.37. The van der Waals surface area contributed by atoms with Gasteiger partial charge < -0.3 is 10.1 Å². The third kappa shape index (κ3) is 4.69. The average molecular weight is 407 g/mol. The Morgan fingerprint density at radius 3 is 2.55 bits per heavy atom. The lowest BCUT2D eigenvalue weighted by molar-refractivity contribution is -0.123. The number of amides is 1. The number of methoxy groups -OCH3 is 1. The van der Waals surface area contributed by atoms with Gasteiger partial charge in [-0.1, -0.05) is 48.5 Å². The Balaban J connectivity index is 1.50. The maximum absolute atomic E-state index is 13.0. The molecule has 150 valence electrons. The van der Waals surface area contributed by atoms with Gasteiger partial charge in [0.25, 0.3) is 0 Å². The van der Waals surface area contributed by atoms with E-state index in [1.807, 2.05) is 42.5 Å². The number of hydrogen-bond acceptors (Lipinski definition) is 4. The van der Waals surface area contributed by atoms with Crippen molar-refractivity contribution in [1.82, 2.24) is 10.2 Å². The number of rotatable bonds is 7. The molecule has 0 bridgehead atoms. The Morgan fingerprint density at radius 1 is 1.10 bits per heavy atom. The number of carbonyl (C=O) groups excluding carboxylic acids is 1. The summed E-state index contributed by atoms with van der Waals surface area (Å²) in [5.41, 5.74) is 2.11. The smallest absolute Gasteiger partial charge is 0.234 e. The molecule has 1 amide bonds. The first-order chi connectivity index (χ1) is 14.2. The Morgan fingerprint density at radius 2 is 1.86 bits per heavy atom. The highest BCUT2D eigenvalue weighted by atomic mass is 32.1. The van der Waals surface area contributed by atoms with Crippen molar-refractivity contribution in [3.8, 4) is 5.75 Å². The number of nitrogens with zero attached hydrogens (tertiary/aromatic N) is 1. The van der Waals surface area contributed by atoms with Gasteiger partial charge in [-0.25, -0.2) is 0 Å².